The van der Waals surface area contributed by atoms with Gasteiger partial charge in [0.05, 0.1) is 14.2 Å². The van der Waals surface area contributed by atoms with Gasteiger partial charge in [0.15, 0.2) is 11.5 Å². The minimum Gasteiger partial charge on any atom is -0.493 e. The van der Waals surface area contributed by atoms with Crippen LogP contribution in [0.5, 0.6) is 11.5 Å². The summed E-state index contributed by atoms with van der Waals surface area (Å²) in [5.41, 5.74) is 3.58. The minimum absolute atomic E-state index is 0.0213. The number of nitrogens with zero attached hydrogens (tertiary/aromatic N) is 2. The summed E-state index contributed by atoms with van der Waals surface area (Å²) in [6, 6.07) is 20.6. The Balaban J connectivity index is 1.58. The van der Waals surface area contributed by atoms with Crippen molar-refractivity contribution in [3.8, 4) is 11.5 Å². The molecule has 0 atom stereocenters. The van der Waals surface area contributed by atoms with E-state index in [1.54, 1.807) is 43.4 Å². The summed E-state index contributed by atoms with van der Waals surface area (Å²) in [7, 11) is 3.19. The predicted molar refractivity (Wildman–Crippen MR) is 159 cm³/mol. The van der Waals surface area contributed by atoms with Gasteiger partial charge in [0, 0.05) is 47.3 Å². The number of para-hydroxylation sites is 1. The maximum atomic E-state index is 13.9. The Kier molecular flexibility index (Phi) is 10.1. The van der Waals surface area contributed by atoms with E-state index in [4.69, 9.17) is 21.1 Å². The van der Waals surface area contributed by atoms with Crippen LogP contribution in [0.25, 0.3) is 10.9 Å². The van der Waals surface area contributed by atoms with Gasteiger partial charge in [0.2, 0.25) is 5.91 Å². The molecule has 0 spiro atoms. The number of carbonyl (C=O) groups is 2. The average molecular weight is 562 g/mol. The molecule has 1 N–H and O–H groups in total. The number of halogens is 1. The number of hydrogen-bond acceptors (Lipinski definition) is 4. The molecule has 40 heavy (non-hydrogen) atoms. The van der Waals surface area contributed by atoms with Gasteiger partial charge in [-0.25, -0.2) is 0 Å². The number of carbonyl (C=O) groups excluding carboxylic acids is 2. The number of methoxy groups -OCH3 is 2. The van der Waals surface area contributed by atoms with Crippen molar-refractivity contribution < 1.29 is 19.1 Å². The molecule has 0 aliphatic rings. The van der Waals surface area contributed by atoms with E-state index in [9.17, 15) is 9.59 Å². The monoisotopic (exact) mass is 561 g/mol. The van der Waals surface area contributed by atoms with Crippen molar-refractivity contribution in [3.63, 3.8) is 0 Å². The van der Waals surface area contributed by atoms with Crippen molar-refractivity contribution in [2.75, 3.05) is 33.9 Å². The summed E-state index contributed by atoms with van der Waals surface area (Å²) in [5, 5.41) is 1.63. The molecule has 0 aliphatic carbocycles. The normalized spacial score (nSPS) is 10.9. The fourth-order valence-corrected chi connectivity index (χ4v) is 4.94. The van der Waals surface area contributed by atoms with E-state index in [2.05, 4.69) is 18.0 Å². The third kappa shape index (κ3) is 7.16. The lowest BCUT2D eigenvalue weighted by molar-refractivity contribution is -0.132. The molecule has 1 heterocycles. The van der Waals surface area contributed by atoms with Crippen LogP contribution in [0.3, 0.4) is 0 Å². The van der Waals surface area contributed by atoms with Gasteiger partial charge < -0.3 is 24.3 Å². The van der Waals surface area contributed by atoms with Gasteiger partial charge in [-0.2, -0.15) is 0 Å². The Morgan fingerprint density at radius 1 is 0.900 bits per heavy atom. The highest BCUT2D eigenvalue weighted by atomic mass is 35.5. The largest absolute Gasteiger partial charge is 0.493 e. The molecule has 1 aromatic heterocycles. The van der Waals surface area contributed by atoms with Gasteiger partial charge in [0.25, 0.3) is 5.91 Å². The molecule has 4 rings (SSSR count). The molecule has 0 saturated heterocycles. The third-order valence-corrected chi connectivity index (χ3v) is 7.20. The Bertz CT molecular complexity index is 1450. The maximum absolute atomic E-state index is 13.9. The Morgan fingerprint density at radius 3 is 2.45 bits per heavy atom. The van der Waals surface area contributed by atoms with Crippen LogP contribution in [0, 0.1) is 0 Å². The third-order valence-electron chi connectivity index (χ3n) is 6.97. The zero-order valence-electron chi connectivity index (χ0n) is 23.3. The van der Waals surface area contributed by atoms with E-state index >= 15 is 0 Å². The summed E-state index contributed by atoms with van der Waals surface area (Å²) in [6.45, 7) is 3.39. The van der Waals surface area contributed by atoms with Crippen LogP contribution in [0.1, 0.15) is 41.3 Å². The standard InChI is InChI=1S/C32H36ClN3O4/c1-4-5-16-36(32(38)24-9-8-10-26(33)19-24)22-31(37)35(21-23-13-14-29(39-2)30(18-23)40-3)17-15-25-20-34-28-12-7-6-11-27(25)28/h6-14,18-20,34H,4-5,15-17,21-22H2,1-3H3. The van der Waals surface area contributed by atoms with Crippen molar-refractivity contribution in [2.24, 2.45) is 0 Å². The number of nitrogens with one attached hydrogen (secondary N) is 1. The van der Waals surface area contributed by atoms with Gasteiger partial charge in [-0.05, 0) is 60.4 Å². The van der Waals surface area contributed by atoms with Crippen molar-refractivity contribution in [3.05, 3.63) is 94.6 Å². The summed E-state index contributed by atoms with van der Waals surface area (Å²) >= 11 is 6.15. The average Bonchev–Trinajstić information content (AvgIpc) is 3.39. The summed E-state index contributed by atoms with van der Waals surface area (Å²) in [6.07, 6.45) is 4.37. The molecule has 0 radical (unpaired) electrons. The molecule has 0 fully saturated rings. The van der Waals surface area contributed by atoms with Crippen LogP contribution < -0.4 is 9.47 Å². The number of unbranched alkanes of at least 4 members (excludes halogenated alkanes) is 1. The summed E-state index contributed by atoms with van der Waals surface area (Å²) < 4.78 is 10.9. The van der Waals surface area contributed by atoms with Gasteiger partial charge >= 0.3 is 0 Å². The van der Waals surface area contributed by atoms with Gasteiger partial charge in [0.1, 0.15) is 6.54 Å². The molecule has 0 unspecified atom stereocenters. The molecule has 3 aromatic carbocycles. The molecule has 2 amide bonds. The van der Waals surface area contributed by atoms with E-state index in [0.29, 0.717) is 48.1 Å². The zero-order valence-corrected chi connectivity index (χ0v) is 24.0. The fraction of sp³-hybridized carbons (Fsp3) is 0.312. The molecular weight excluding hydrogens is 526 g/mol. The fourth-order valence-electron chi connectivity index (χ4n) is 4.75. The number of hydrogen-bond donors (Lipinski definition) is 1. The molecular formula is C32H36ClN3O4. The second-order valence-electron chi connectivity index (χ2n) is 9.70. The van der Waals surface area contributed by atoms with Crippen molar-refractivity contribution in [2.45, 2.75) is 32.7 Å². The lowest BCUT2D eigenvalue weighted by Gasteiger charge is -2.28. The predicted octanol–water partition coefficient (Wildman–Crippen LogP) is 6.35. The highest BCUT2D eigenvalue weighted by Gasteiger charge is 2.23. The minimum atomic E-state index is -0.202. The number of rotatable bonds is 13. The number of ether oxygens (including phenoxy) is 2. The molecule has 0 aliphatic heterocycles. The molecule has 0 bridgehead atoms. The van der Waals surface area contributed by atoms with Gasteiger partial charge in [-0.3, -0.25) is 9.59 Å². The molecule has 4 aromatic rings. The van der Waals surface area contributed by atoms with E-state index in [0.717, 1.165) is 34.9 Å². The van der Waals surface area contributed by atoms with Crippen LogP contribution in [0.2, 0.25) is 5.02 Å². The summed E-state index contributed by atoms with van der Waals surface area (Å²) in [4.78, 5) is 34.0. The second kappa shape index (κ2) is 13.9. The molecule has 210 valence electrons. The van der Waals surface area contributed by atoms with Gasteiger partial charge in [-0.1, -0.05) is 55.3 Å². The number of H-pyrrole nitrogens is 1. The smallest absolute Gasteiger partial charge is 0.254 e. The number of fused-ring (bicyclic) bond motifs is 1. The SMILES string of the molecule is CCCCN(CC(=O)N(CCc1c[nH]c2ccccc12)Cc1ccc(OC)c(OC)c1)C(=O)c1cccc(Cl)c1. The van der Waals surface area contributed by atoms with Crippen LogP contribution in [0.15, 0.2) is 72.9 Å². The number of aromatic amines is 1. The quantitative estimate of drug-likeness (QED) is 0.206. The van der Waals surface area contributed by atoms with Crippen LogP contribution >= 0.6 is 11.6 Å². The number of aromatic nitrogens is 1. The molecule has 0 saturated carbocycles. The lowest BCUT2D eigenvalue weighted by atomic mass is 10.1. The van der Waals surface area contributed by atoms with Crippen molar-refractivity contribution in [1.29, 1.82) is 0 Å². The first kappa shape index (κ1) is 29.0. The Labute approximate surface area is 240 Å². The van der Waals surface area contributed by atoms with Gasteiger partial charge in [-0.15, -0.1) is 0 Å². The van der Waals surface area contributed by atoms with Crippen molar-refractivity contribution >= 4 is 34.3 Å². The van der Waals surface area contributed by atoms with E-state index in [1.165, 1.54) is 0 Å². The number of benzene rings is 3. The van der Waals surface area contributed by atoms with Crippen LogP contribution in [-0.4, -0.2) is 60.5 Å². The first-order valence-electron chi connectivity index (χ1n) is 13.5. The Hall–Kier alpha value is -3.97. The van der Waals surface area contributed by atoms with Crippen LogP contribution in [0.4, 0.5) is 0 Å². The van der Waals surface area contributed by atoms with Crippen molar-refractivity contribution in [1.82, 2.24) is 14.8 Å². The second-order valence-corrected chi connectivity index (χ2v) is 10.1. The van der Waals surface area contributed by atoms with E-state index < -0.39 is 0 Å². The molecule has 7 nitrogen and oxygen atoms in total. The highest BCUT2D eigenvalue weighted by molar-refractivity contribution is 6.31. The Morgan fingerprint density at radius 2 is 1.70 bits per heavy atom. The highest BCUT2D eigenvalue weighted by Crippen LogP contribution is 2.28. The first-order chi connectivity index (χ1) is 19.4. The molecule has 8 heteroatoms. The van der Waals surface area contributed by atoms with E-state index in [-0.39, 0.29) is 18.4 Å². The first-order valence-corrected chi connectivity index (χ1v) is 13.9. The number of amides is 2. The zero-order chi connectivity index (χ0) is 28.5. The van der Waals surface area contributed by atoms with Crippen LogP contribution in [-0.2, 0) is 17.8 Å². The van der Waals surface area contributed by atoms with E-state index in [1.807, 2.05) is 47.5 Å². The topological polar surface area (TPSA) is 74.9 Å². The lowest BCUT2D eigenvalue weighted by Crippen LogP contribution is -2.43. The summed E-state index contributed by atoms with van der Waals surface area (Å²) in [5.74, 6) is 0.901. The maximum Gasteiger partial charge on any atom is 0.254 e.